The molecule has 2 atom stereocenters. The lowest BCUT2D eigenvalue weighted by atomic mass is 9.78. The molecule has 2 heterocycles. The van der Waals surface area contributed by atoms with Crippen LogP contribution >= 0.6 is 0 Å². The second-order valence-corrected chi connectivity index (χ2v) is 8.81. The third-order valence-electron chi connectivity index (χ3n) is 7.06. The molecular formula is C25H27FN2O2. The van der Waals surface area contributed by atoms with Crippen molar-refractivity contribution < 1.29 is 14.0 Å². The van der Waals surface area contributed by atoms with Crippen LogP contribution in [0.2, 0.25) is 0 Å². The third kappa shape index (κ3) is 3.40. The van der Waals surface area contributed by atoms with E-state index < -0.39 is 0 Å². The summed E-state index contributed by atoms with van der Waals surface area (Å²) in [6.45, 7) is 1.43. The highest BCUT2D eigenvalue weighted by Crippen LogP contribution is 2.37. The zero-order chi connectivity index (χ0) is 20.7. The van der Waals surface area contributed by atoms with Crippen molar-refractivity contribution in [2.75, 3.05) is 18.0 Å². The molecule has 156 valence electrons. The molecule has 2 aromatic carbocycles. The molecule has 2 aliphatic heterocycles. The van der Waals surface area contributed by atoms with Crippen molar-refractivity contribution in [3.8, 4) is 0 Å². The minimum absolute atomic E-state index is 0.131. The van der Waals surface area contributed by atoms with E-state index >= 15 is 0 Å². The summed E-state index contributed by atoms with van der Waals surface area (Å²) in [7, 11) is 0. The Labute approximate surface area is 176 Å². The van der Waals surface area contributed by atoms with Crippen LogP contribution in [0.15, 0.2) is 42.5 Å². The van der Waals surface area contributed by atoms with Crippen molar-refractivity contribution in [3.63, 3.8) is 0 Å². The molecular weight excluding hydrogens is 379 g/mol. The van der Waals surface area contributed by atoms with Gasteiger partial charge in [0, 0.05) is 35.9 Å². The number of fused-ring (bicyclic) bond motifs is 2. The molecule has 0 spiro atoms. The number of hydrogen-bond acceptors (Lipinski definition) is 2. The van der Waals surface area contributed by atoms with Crippen molar-refractivity contribution in [2.24, 2.45) is 5.92 Å². The van der Waals surface area contributed by atoms with Gasteiger partial charge >= 0.3 is 0 Å². The Balaban J connectivity index is 1.36. The maximum absolute atomic E-state index is 13.3. The van der Waals surface area contributed by atoms with E-state index in [0.29, 0.717) is 24.1 Å². The minimum Gasteiger partial charge on any atom is -0.335 e. The van der Waals surface area contributed by atoms with Gasteiger partial charge in [-0.15, -0.1) is 0 Å². The zero-order valence-corrected chi connectivity index (χ0v) is 17.1. The molecule has 30 heavy (non-hydrogen) atoms. The molecule has 0 bridgehead atoms. The Morgan fingerprint density at radius 1 is 0.833 bits per heavy atom. The van der Waals surface area contributed by atoms with E-state index in [0.717, 1.165) is 42.6 Å². The van der Waals surface area contributed by atoms with Crippen LogP contribution in [-0.2, 0) is 6.42 Å². The quantitative estimate of drug-likeness (QED) is 0.717. The largest absolute Gasteiger partial charge is 0.335 e. The molecule has 0 N–H and O–H groups in total. The molecule has 2 aromatic rings. The van der Waals surface area contributed by atoms with Gasteiger partial charge in [0.2, 0.25) is 0 Å². The first-order valence-corrected chi connectivity index (χ1v) is 11.1. The first kappa shape index (κ1) is 19.3. The summed E-state index contributed by atoms with van der Waals surface area (Å²) in [5.41, 5.74) is 3.10. The molecule has 2 amide bonds. The predicted octanol–water partition coefficient (Wildman–Crippen LogP) is 4.82. The van der Waals surface area contributed by atoms with E-state index in [1.807, 2.05) is 18.2 Å². The maximum Gasteiger partial charge on any atom is 0.258 e. The Morgan fingerprint density at radius 2 is 1.57 bits per heavy atom. The van der Waals surface area contributed by atoms with E-state index in [1.165, 1.54) is 49.9 Å². The second-order valence-electron chi connectivity index (χ2n) is 8.81. The summed E-state index contributed by atoms with van der Waals surface area (Å²) in [6, 6.07) is 11.8. The smallest absolute Gasteiger partial charge is 0.258 e. The lowest BCUT2D eigenvalue weighted by Gasteiger charge is -2.44. The summed E-state index contributed by atoms with van der Waals surface area (Å²) in [5, 5.41) is 0. The number of amides is 2. The number of likely N-dealkylation sites (tertiary alicyclic amines) is 1. The number of rotatable bonds is 2. The van der Waals surface area contributed by atoms with E-state index in [1.54, 1.807) is 4.90 Å². The fourth-order valence-electron chi connectivity index (χ4n) is 5.54. The fourth-order valence-corrected chi connectivity index (χ4v) is 5.54. The molecule has 5 rings (SSSR count). The number of benzene rings is 2. The molecule has 3 aliphatic rings. The molecule has 0 unspecified atom stereocenters. The molecule has 0 radical (unpaired) electrons. The van der Waals surface area contributed by atoms with Crippen LogP contribution in [0.25, 0.3) is 0 Å². The Morgan fingerprint density at radius 3 is 2.40 bits per heavy atom. The highest BCUT2D eigenvalue weighted by Gasteiger charge is 2.36. The Kier molecular flexibility index (Phi) is 5.05. The van der Waals surface area contributed by atoms with Gasteiger partial charge in [0.15, 0.2) is 0 Å². The van der Waals surface area contributed by atoms with E-state index in [2.05, 4.69) is 4.90 Å². The minimum atomic E-state index is -0.352. The van der Waals surface area contributed by atoms with Crippen LogP contribution in [0.1, 0.15) is 64.8 Å². The van der Waals surface area contributed by atoms with Crippen molar-refractivity contribution in [2.45, 2.75) is 51.0 Å². The highest BCUT2D eigenvalue weighted by atomic mass is 19.1. The van der Waals surface area contributed by atoms with Gasteiger partial charge in [-0.3, -0.25) is 9.59 Å². The average molecular weight is 407 g/mol. The summed E-state index contributed by atoms with van der Waals surface area (Å²) in [5.74, 6) is 0.316. The molecule has 1 aliphatic carbocycles. The molecule has 2 fully saturated rings. The lowest BCUT2D eigenvalue weighted by Crippen LogP contribution is -2.49. The van der Waals surface area contributed by atoms with Gasteiger partial charge in [0.1, 0.15) is 5.82 Å². The summed E-state index contributed by atoms with van der Waals surface area (Å²) < 4.78 is 13.2. The van der Waals surface area contributed by atoms with Crippen molar-refractivity contribution >= 4 is 17.5 Å². The van der Waals surface area contributed by atoms with Gasteiger partial charge in [0.25, 0.3) is 11.8 Å². The summed E-state index contributed by atoms with van der Waals surface area (Å²) in [6.07, 6.45) is 7.96. The highest BCUT2D eigenvalue weighted by molar-refractivity contribution is 6.07. The first-order valence-electron chi connectivity index (χ1n) is 11.1. The van der Waals surface area contributed by atoms with Crippen LogP contribution in [0.4, 0.5) is 10.1 Å². The van der Waals surface area contributed by atoms with Crippen molar-refractivity contribution in [1.29, 1.82) is 0 Å². The number of piperidine rings is 1. The van der Waals surface area contributed by atoms with Gasteiger partial charge in [-0.25, -0.2) is 4.39 Å². The van der Waals surface area contributed by atoms with Gasteiger partial charge in [-0.1, -0.05) is 12.8 Å². The van der Waals surface area contributed by atoms with E-state index in [-0.39, 0.29) is 17.6 Å². The summed E-state index contributed by atoms with van der Waals surface area (Å²) in [4.78, 5) is 30.1. The normalized spacial score (nSPS) is 23.1. The predicted molar refractivity (Wildman–Crippen MR) is 114 cm³/mol. The van der Waals surface area contributed by atoms with Crippen LogP contribution in [-0.4, -0.2) is 35.8 Å². The number of hydrogen-bond donors (Lipinski definition) is 0. The van der Waals surface area contributed by atoms with Gasteiger partial charge in [0.05, 0.1) is 0 Å². The Hall–Kier alpha value is -2.69. The number of halogens is 1. The average Bonchev–Trinajstić information content (AvgIpc) is 3.21. The zero-order valence-electron chi connectivity index (χ0n) is 17.1. The van der Waals surface area contributed by atoms with Crippen LogP contribution in [0.3, 0.4) is 0 Å². The third-order valence-corrected chi connectivity index (χ3v) is 7.06. The van der Waals surface area contributed by atoms with E-state index in [9.17, 15) is 14.0 Å². The number of carbonyl (C=O) groups excluding carboxylic acids is 2. The van der Waals surface area contributed by atoms with Gasteiger partial charge < -0.3 is 9.80 Å². The number of anilines is 1. The fraction of sp³-hybridized carbons (Fsp3) is 0.440. The molecule has 5 heteroatoms. The molecule has 1 saturated heterocycles. The van der Waals surface area contributed by atoms with Crippen molar-refractivity contribution in [1.82, 2.24) is 4.90 Å². The molecule has 0 aromatic heterocycles. The molecule has 4 nitrogen and oxygen atoms in total. The van der Waals surface area contributed by atoms with Crippen LogP contribution in [0, 0.1) is 11.7 Å². The van der Waals surface area contributed by atoms with Crippen molar-refractivity contribution in [3.05, 3.63) is 65.0 Å². The lowest BCUT2D eigenvalue weighted by molar-refractivity contribution is 0.0390. The maximum atomic E-state index is 13.3. The first-order chi connectivity index (χ1) is 14.6. The Bertz CT molecular complexity index is 970. The van der Waals surface area contributed by atoms with Crippen LogP contribution in [0.5, 0.6) is 0 Å². The van der Waals surface area contributed by atoms with Gasteiger partial charge in [-0.2, -0.15) is 0 Å². The summed E-state index contributed by atoms with van der Waals surface area (Å²) >= 11 is 0. The monoisotopic (exact) mass is 406 g/mol. The molecule has 1 saturated carbocycles. The standard InChI is InChI=1S/C25H27FN2O2/c26-21-10-7-18(8-11-21)24(29)28-15-13-19-16-20(9-12-23(19)28)25(30)27-14-3-5-17-4-1-2-6-22(17)27/h7-12,16-17,22H,1-6,13-15H2/t17-,22-/m1/s1. The number of nitrogens with zero attached hydrogens (tertiary/aromatic N) is 2. The number of carbonyl (C=O) groups is 2. The SMILES string of the molecule is O=C(c1ccc(F)cc1)N1CCc2cc(C(=O)N3CCC[C@H]4CCCC[C@H]43)ccc21. The topological polar surface area (TPSA) is 40.6 Å². The van der Waals surface area contributed by atoms with Crippen LogP contribution < -0.4 is 4.90 Å². The van der Waals surface area contributed by atoms with E-state index in [4.69, 9.17) is 0 Å². The second kappa shape index (κ2) is 7.86. The van der Waals surface area contributed by atoms with Gasteiger partial charge in [-0.05, 0) is 86.1 Å².